The van der Waals surface area contributed by atoms with Crippen LogP contribution in [0.15, 0.2) is 30.7 Å². The van der Waals surface area contributed by atoms with Crippen molar-refractivity contribution in [2.45, 2.75) is 45.6 Å². The van der Waals surface area contributed by atoms with Crippen LogP contribution in [-0.4, -0.2) is 45.4 Å². The molecule has 3 heterocycles. The Morgan fingerprint density at radius 1 is 1.42 bits per heavy atom. The fourth-order valence-corrected chi connectivity index (χ4v) is 3.50. The van der Waals surface area contributed by atoms with Crippen LogP contribution in [0.25, 0.3) is 0 Å². The normalized spacial score (nSPS) is 18.0. The minimum atomic E-state index is -0.0376. The Bertz CT molecular complexity index is 685. The van der Waals surface area contributed by atoms with Gasteiger partial charge in [-0.05, 0) is 43.9 Å². The molecule has 1 fully saturated rings. The summed E-state index contributed by atoms with van der Waals surface area (Å²) in [6, 6.07) is 3.58. The Balaban J connectivity index is 1.45. The van der Waals surface area contributed by atoms with Gasteiger partial charge in [0.2, 0.25) is 0 Å². The van der Waals surface area contributed by atoms with Gasteiger partial charge in [-0.2, -0.15) is 0 Å². The van der Waals surface area contributed by atoms with Crippen molar-refractivity contribution in [3.8, 4) is 0 Å². The Morgan fingerprint density at radius 2 is 2.35 bits per heavy atom. The number of imidazole rings is 1. The number of amides is 1. The summed E-state index contributed by atoms with van der Waals surface area (Å²) in [6.45, 7) is 5.94. The van der Waals surface area contributed by atoms with Crippen LogP contribution in [0, 0.1) is 5.92 Å². The number of rotatable bonds is 8. The number of hydrogen-bond acceptors (Lipinski definition) is 4. The predicted octanol–water partition coefficient (Wildman–Crippen LogP) is 2.79. The van der Waals surface area contributed by atoms with E-state index in [1.54, 1.807) is 24.5 Å². The molecular formula is C20H29N5O. The second kappa shape index (κ2) is 9.48. The van der Waals surface area contributed by atoms with Crippen LogP contribution in [0.2, 0.25) is 0 Å². The third-order valence-electron chi connectivity index (χ3n) is 4.92. The molecular weight excluding hydrogens is 326 g/mol. The van der Waals surface area contributed by atoms with Gasteiger partial charge in [-0.25, -0.2) is 4.98 Å². The van der Waals surface area contributed by atoms with E-state index in [0.717, 1.165) is 44.8 Å². The number of piperidine rings is 1. The van der Waals surface area contributed by atoms with E-state index >= 15 is 0 Å². The lowest BCUT2D eigenvalue weighted by Gasteiger charge is -2.32. The zero-order chi connectivity index (χ0) is 18.2. The van der Waals surface area contributed by atoms with E-state index in [2.05, 4.69) is 32.1 Å². The minimum Gasteiger partial charge on any atom is -0.352 e. The highest BCUT2D eigenvalue weighted by atomic mass is 16.1. The molecule has 26 heavy (non-hydrogen) atoms. The summed E-state index contributed by atoms with van der Waals surface area (Å²) < 4.78 is 0. The highest BCUT2D eigenvalue weighted by molar-refractivity contribution is 5.93. The monoisotopic (exact) mass is 355 g/mol. The number of carbonyl (C=O) groups excluding carboxylic acids is 1. The summed E-state index contributed by atoms with van der Waals surface area (Å²) in [7, 11) is 0. The molecule has 2 aromatic heterocycles. The minimum absolute atomic E-state index is 0.0376. The summed E-state index contributed by atoms with van der Waals surface area (Å²) in [5.74, 6) is 1.55. The van der Waals surface area contributed by atoms with Crippen molar-refractivity contribution in [1.82, 2.24) is 25.2 Å². The van der Waals surface area contributed by atoms with Crippen LogP contribution < -0.4 is 5.32 Å². The molecule has 140 valence electrons. The van der Waals surface area contributed by atoms with Gasteiger partial charge in [0.05, 0.1) is 5.56 Å². The summed E-state index contributed by atoms with van der Waals surface area (Å²) in [6.07, 6.45) is 11.0. The summed E-state index contributed by atoms with van der Waals surface area (Å²) >= 11 is 0. The first-order chi connectivity index (χ1) is 12.7. The zero-order valence-corrected chi connectivity index (χ0v) is 15.6. The quantitative estimate of drug-likeness (QED) is 0.764. The summed E-state index contributed by atoms with van der Waals surface area (Å²) in [5, 5.41) is 3.05. The second-order valence-corrected chi connectivity index (χ2v) is 7.15. The molecule has 1 aliphatic rings. The number of H-pyrrole nitrogens is 1. The first-order valence-electron chi connectivity index (χ1n) is 9.68. The third kappa shape index (κ3) is 5.39. The van der Waals surface area contributed by atoms with Crippen molar-refractivity contribution in [1.29, 1.82) is 0 Å². The van der Waals surface area contributed by atoms with Crippen molar-refractivity contribution in [2.24, 2.45) is 5.92 Å². The average Bonchev–Trinajstić information content (AvgIpc) is 3.12. The lowest BCUT2D eigenvalue weighted by Crippen LogP contribution is -2.40. The largest absolute Gasteiger partial charge is 0.352 e. The van der Waals surface area contributed by atoms with Gasteiger partial charge in [-0.15, -0.1) is 0 Å². The molecule has 6 heteroatoms. The molecule has 1 saturated heterocycles. The maximum Gasteiger partial charge on any atom is 0.252 e. The third-order valence-corrected chi connectivity index (χ3v) is 4.92. The zero-order valence-electron chi connectivity index (χ0n) is 15.6. The van der Waals surface area contributed by atoms with Crippen LogP contribution >= 0.6 is 0 Å². The number of nitrogens with zero attached hydrogens (tertiary/aromatic N) is 3. The molecule has 0 bridgehead atoms. The van der Waals surface area contributed by atoms with Crippen LogP contribution in [0.3, 0.4) is 0 Å². The molecule has 1 unspecified atom stereocenters. The Labute approximate surface area is 155 Å². The number of likely N-dealkylation sites (tertiary alicyclic amines) is 1. The van der Waals surface area contributed by atoms with Gasteiger partial charge in [0.15, 0.2) is 0 Å². The predicted molar refractivity (Wildman–Crippen MR) is 102 cm³/mol. The van der Waals surface area contributed by atoms with Crippen LogP contribution in [0.1, 0.15) is 54.5 Å². The van der Waals surface area contributed by atoms with Crippen molar-refractivity contribution in [3.63, 3.8) is 0 Å². The number of aromatic nitrogens is 3. The van der Waals surface area contributed by atoms with Crippen LogP contribution in [0.5, 0.6) is 0 Å². The van der Waals surface area contributed by atoms with Crippen molar-refractivity contribution in [3.05, 3.63) is 47.8 Å². The highest BCUT2D eigenvalue weighted by Gasteiger charge is 2.21. The first kappa shape index (κ1) is 18.6. The summed E-state index contributed by atoms with van der Waals surface area (Å²) in [4.78, 5) is 26.6. The first-order valence-corrected chi connectivity index (χ1v) is 9.68. The van der Waals surface area contributed by atoms with E-state index in [1.807, 2.05) is 6.20 Å². The van der Waals surface area contributed by atoms with E-state index in [4.69, 9.17) is 0 Å². The van der Waals surface area contributed by atoms with E-state index in [0.29, 0.717) is 11.5 Å². The SMILES string of the molecule is CCCCc1ncc(CN2CCCC(CNC(=O)c3cccnc3)C2)[nH]1. The van der Waals surface area contributed by atoms with E-state index in [9.17, 15) is 4.79 Å². The van der Waals surface area contributed by atoms with Crippen molar-refractivity contribution in [2.75, 3.05) is 19.6 Å². The van der Waals surface area contributed by atoms with Crippen molar-refractivity contribution < 1.29 is 4.79 Å². The number of unbranched alkanes of at least 4 members (excludes halogenated alkanes) is 1. The molecule has 1 aliphatic heterocycles. The molecule has 1 amide bonds. The molecule has 2 aromatic rings. The van der Waals surface area contributed by atoms with Gasteiger partial charge in [0, 0.05) is 50.3 Å². The molecule has 0 saturated carbocycles. The van der Waals surface area contributed by atoms with Gasteiger partial charge in [-0.1, -0.05) is 13.3 Å². The number of nitrogens with one attached hydrogen (secondary N) is 2. The van der Waals surface area contributed by atoms with Gasteiger partial charge in [-0.3, -0.25) is 14.7 Å². The Hall–Kier alpha value is -2.21. The lowest BCUT2D eigenvalue weighted by molar-refractivity contribution is 0.0930. The molecule has 0 aliphatic carbocycles. The highest BCUT2D eigenvalue weighted by Crippen LogP contribution is 2.18. The fraction of sp³-hybridized carbons (Fsp3) is 0.550. The fourth-order valence-electron chi connectivity index (χ4n) is 3.50. The smallest absolute Gasteiger partial charge is 0.252 e. The molecule has 1 atom stereocenters. The van der Waals surface area contributed by atoms with Crippen molar-refractivity contribution >= 4 is 5.91 Å². The van der Waals surface area contributed by atoms with E-state index < -0.39 is 0 Å². The van der Waals surface area contributed by atoms with Gasteiger partial charge < -0.3 is 10.3 Å². The lowest BCUT2D eigenvalue weighted by atomic mass is 9.97. The number of carbonyl (C=O) groups is 1. The molecule has 2 N–H and O–H groups in total. The van der Waals surface area contributed by atoms with Gasteiger partial charge in [0.1, 0.15) is 5.82 Å². The molecule has 0 aromatic carbocycles. The molecule has 3 rings (SSSR count). The van der Waals surface area contributed by atoms with Gasteiger partial charge in [0.25, 0.3) is 5.91 Å². The molecule has 0 radical (unpaired) electrons. The van der Waals surface area contributed by atoms with Crippen LogP contribution in [0.4, 0.5) is 0 Å². The maximum atomic E-state index is 12.2. The Kier molecular flexibility index (Phi) is 6.77. The van der Waals surface area contributed by atoms with Gasteiger partial charge >= 0.3 is 0 Å². The van der Waals surface area contributed by atoms with E-state index in [-0.39, 0.29) is 5.91 Å². The van der Waals surface area contributed by atoms with E-state index in [1.165, 1.54) is 25.0 Å². The molecule has 0 spiro atoms. The number of pyridine rings is 1. The van der Waals surface area contributed by atoms with Crippen LogP contribution in [-0.2, 0) is 13.0 Å². The number of hydrogen-bond donors (Lipinski definition) is 2. The molecule has 6 nitrogen and oxygen atoms in total. The standard InChI is InChI=1S/C20H29N5O/c1-2-3-8-19-22-13-18(24-19)15-25-10-5-6-16(14-25)11-23-20(26)17-7-4-9-21-12-17/h4,7,9,12-13,16H,2-3,5-6,8,10-11,14-15H2,1H3,(H,22,24)(H,23,26). The number of aromatic amines is 1. The topological polar surface area (TPSA) is 73.9 Å². The summed E-state index contributed by atoms with van der Waals surface area (Å²) in [5.41, 5.74) is 1.81. The second-order valence-electron chi connectivity index (χ2n) is 7.15. The number of aryl methyl sites for hydroxylation is 1. The average molecular weight is 355 g/mol. The maximum absolute atomic E-state index is 12.2. The Morgan fingerprint density at radius 3 is 3.15 bits per heavy atom.